The summed E-state index contributed by atoms with van der Waals surface area (Å²) in [5, 5.41) is 13.3. The van der Waals surface area contributed by atoms with E-state index in [4.69, 9.17) is 0 Å². The van der Waals surface area contributed by atoms with Crippen molar-refractivity contribution in [2.45, 2.75) is 31.3 Å². The highest BCUT2D eigenvalue weighted by atomic mass is 32.2. The van der Waals surface area contributed by atoms with Gasteiger partial charge in [0.15, 0.2) is 0 Å². The highest BCUT2D eigenvalue weighted by molar-refractivity contribution is 7.98. The predicted molar refractivity (Wildman–Crippen MR) is 54.7 cm³/mol. The van der Waals surface area contributed by atoms with E-state index < -0.39 is 5.60 Å². The van der Waals surface area contributed by atoms with Gasteiger partial charge in [-0.15, -0.1) is 0 Å². The summed E-state index contributed by atoms with van der Waals surface area (Å²) in [5.41, 5.74) is -0.395. The monoisotopic (exact) mass is 189 g/mol. The molecule has 0 bridgehead atoms. The molecule has 0 aliphatic carbocycles. The molecule has 0 saturated carbocycles. The van der Waals surface area contributed by atoms with Gasteiger partial charge in [-0.25, -0.2) is 0 Å². The van der Waals surface area contributed by atoms with E-state index in [1.54, 1.807) is 0 Å². The Bertz CT molecular complexity index is 124. The van der Waals surface area contributed by atoms with Gasteiger partial charge in [0, 0.05) is 6.54 Å². The molecule has 3 heteroatoms. The predicted octanol–water partition coefficient (Wildman–Crippen LogP) is 1.24. The van der Waals surface area contributed by atoms with Crippen LogP contribution in [0.25, 0.3) is 0 Å². The maximum absolute atomic E-state index is 10.0. The zero-order valence-electron chi connectivity index (χ0n) is 7.81. The van der Waals surface area contributed by atoms with Gasteiger partial charge in [-0.3, -0.25) is 0 Å². The molecule has 1 saturated heterocycles. The zero-order chi connectivity index (χ0) is 8.86. The van der Waals surface area contributed by atoms with Gasteiger partial charge in [0.05, 0.1) is 5.60 Å². The van der Waals surface area contributed by atoms with Crippen LogP contribution in [0.2, 0.25) is 0 Å². The molecular formula is C9H19NOS. The first-order valence-electron chi connectivity index (χ1n) is 4.69. The maximum Gasteiger partial charge on any atom is 0.0772 e. The van der Waals surface area contributed by atoms with Crippen molar-refractivity contribution in [1.29, 1.82) is 0 Å². The van der Waals surface area contributed by atoms with Crippen molar-refractivity contribution in [3.05, 3.63) is 0 Å². The van der Waals surface area contributed by atoms with Gasteiger partial charge in [0.25, 0.3) is 0 Å². The summed E-state index contributed by atoms with van der Waals surface area (Å²) in [6, 6.07) is 0. The third-order valence-electron chi connectivity index (χ3n) is 2.44. The minimum Gasteiger partial charge on any atom is -0.389 e. The number of β-amino-alcohol motifs (C(OH)–C–C–N with tert-alkyl or cyclic N) is 1. The smallest absolute Gasteiger partial charge is 0.0772 e. The topological polar surface area (TPSA) is 32.3 Å². The molecule has 0 aromatic heterocycles. The largest absolute Gasteiger partial charge is 0.389 e. The quantitative estimate of drug-likeness (QED) is 0.653. The molecule has 0 spiro atoms. The van der Waals surface area contributed by atoms with Crippen LogP contribution in [0.4, 0.5) is 0 Å². The summed E-state index contributed by atoms with van der Waals surface area (Å²) in [6.45, 7) is 1.87. The Hall–Kier alpha value is 0.270. The van der Waals surface area contributed by atoms with Crippen molar-refractivity contribution < 1.29 is 5.11 Å². The second kappa shape index (κ2) is 5.10. The van der Waals surface area contributed by atoms with Crippen LogP contribution in [-0.2, 0) is 0 Å². The molecule has 2 nitrogen and oxygen atoms in total. The fourth-order valence-corrected chi connectivity index (χ4v) is 2.14. The van der Waals surface area contributed by atoms with Gasteiger partial charge >= 0.3 is 0 Å². The first-order valence-corrected chi connectivity index (χ1v) is 6.08. The normalized spacial score (nSPS) is 30.5. The van der Waals surface area contributed by atoms with E-state index >= 15 is 0 Å². The van der Waals surface area contributed by atoms with Gasteiger partial charge in [-0.05, 0) is 44.2 Å². The van der Waals surface area contributed by atoms with Crippen LogP contribution < -0.4 is 5.32 Å². The summed E-state index contributed by atoms with van der Waals surface area (Å²) in [6.07, 6.45) is 6.31. The van der Waals surface area contributed by atoms with Gasteiger partial charge in [0.2, 0.25) is 0 Å². The van der Waals surface area contributed by atoms with Crippen molar-refractivity contribution in [1.82, 2.24) is 5.32 Å². The highest BCUT2D eigenvalue weighted by Crippen LogP contribution is 2.22. The highest BCUT2D eigenvalue weighted by Gasteiger charge is 2.27. The fraction of sp³-hybridized carbons (Fsp3) is 1.00. The molecule has 1 heterocycles. The SMILES string of the molecule is CSCCCC1(O)CCCNC1. The molecular weight excluding hydrogens is 170 g/mol. The molecule has 0 aromatic carbocycles. The van der Waals surface area contributed by atoms with Gasteiger partial charge < -0.3 is 10.4 Å². The standard InChI is InChI=1S/C9H19NOS/c1-12-7-3-5-9(11)4-2-6-10-8-9/h10-11H,2-8H2,1H3. The zero-order valence-corrected chi connectivity index (χ0v) is 8.62. The van der Waals surface area contributed by atoms with E-state index in [2.05, 4.69) is 11.6 Å². The van der Waals surface area contributed by atoms with Crippen molar-refractivity contribution >= 4 is 11.8 Å². The first-order chi connectivity index (χ1) is 5.77. The van der Waals surface area contributed by atoms with E-state index in [9.17, 15) is 5.11 Å². The van der Waals surface area contributed by atoms with E-state index in [-0.39, 0.29) is 0 Å². The summed E-state index contributed by atoms with van der Waals surface area (Å²) < 4.78 is 0. The Morgan fingerprint density at radius 3 is 3.00 bits per heavy atom. The molecule has 72 valence electrons. The van der Waals surface area contributed by atoms with Crippen LogP contribution in [0.15, 0.2) is 0 Å². The average molecular weight is 189 g/mol. The molecule has 0 aromatic rings. The van der Waals surface area contributed by atoms with Gasteiger partial charge in [-0.1, -0.05) is 0 Å². The molecule has 1 aliphatic heterocycles. The third kappa shape index (κ3) is 3.33. The summed E-state index contributed by atoms with van der Waals surface area (Å²) >= 11 is 1.86. The van der Waals surface area contributed by atoms with E-state index in [1.165, 1.54) is 5.75 Å². The third-order valence-corrected chi connectivity index (χ3v) is 3.14. The summed E-state index contributed by atoms with van der Waals surface area (Å²) in [7, 11) is 0. The molecule has 0 radical (unpaired) electrons. The second-order valence-corrected chi connectivity index (χ2v) is 4.59. The molecule has 1 rings (SSSR count). The van der Waals surface area contributed by atoms with Crippen molar-refractivity contribution in [2.24, 2.45) is 0 Å². The van der Waals surface area contributed by atoms with Crippen LogP contribution >= 0.6 is 11.8 Å². The number of aliphatic hydroxyl groups is 1. The van der Waals surface area contributed by atoms with Crippen LogP contribution in [-0.4, -0.2) is 35.8 Å². The molecule has 1 unspecified atom stereocenters. The van der Waals surface area contributed by atoms with Crippen LogP contribution in [0.5, 0.6) is 0 Å². The van der Waals surface area contributed by atoms with Crippen LogP contribution in [0, 0.1) is 0 Å². The Morgan fingerprint density at radius 1 is 1.58 bits per heavy atom. The number of hydrogen-bond acceptors (Lipinski definition) is 3. The summed E-state index contributed by atoms with van der Waals surface area (Å²) in [4.78, 5) is 0. The lowest BCUT2D eigenvalue weighted by Crippen LogP contribution is -2.45. The number of nitrogens with one attached hydrogen (secondary N) is 1. The maximum atomic E-state index is 10.0. The molecule has 1 atom stereocenters. The van der Waals surface area contributed by atoms with Crippen molar-refractivity contribution in [3.63, 3.8) is 0 Å². The van der Waals surface area contributed by atoms with E-state index in [0.717, 1.165) is 38.8 Å². The Labute approximate surface area is 79.1 Å². The number of rotatable bonds is 4. The first kappa shape index (κ1) is 10.4. The average Bonchev–Trinajstić information content (AvgIpc) is 2.06. The fourth-order valence-electron chi connectivity index (χ4n) is 1.71. The Morgan fingerprint density at radius 2 is 2.42 bits per heavy atom. The number of hydrogen-bond donors (Lipinski definition) is 2. The molecule has 1 fully saturated rings. The number of piperidine rings is 1. The van der Waals surface area contributed by atoms with Crippen molar-refractivity contribution in [2.75, 3.05) is 25.1 Å². The lowest BCUT2D eigenvalue weighted by Gasteiger charge is -2.32. The van der Waals surface area contributed by atoms with Gasteiger partial charge in [-0.2, -0.15) is 11.8 Å². The molecule has 12 heavy (non-hydrogen) atoms. The lowest BCUT2D eigenvalue weighted by molar-refractivity contribution is 0.00826. The molecule has 1 aliphatic rings. The molecule has 0 amide bonds. The number of thioether (sulfide) groups is 1. The van der Waals surface area contributed by atoms with Crippen LogP contribution in [0.1, 0.15) is 25.7 Å². The summed E-state index contributed by atoms with van der Waals surface area (Å²) in [5.74, 6) is 1.17. The minimum absolute atomic E-state index is 0.395. The molecule has 2 N–H and O–H groups in total. The lowest BCUT2D eigenvalue weighted by atomic mass is 9.90. The Balaban J connectivity index is 2.17. The van der Waals surface area contributed by atoms with E-state index in [0.29, 0.717) is 0 Å². The second-order valence-electron chi connectivity index (χ2n) is 3.60. The van der Waals surface area contributed by atoms with Gasteiger partial charge in [0.1, 0.15) is 0 Å². The Kier molecular flexibility index (Phi) is 4.40. The van der Waals surface area contributed by atoms with E-state index in [1.807, 2.05) is 11.8 Å². The van der Waals surface area contributed by atoms with Crippen LogP contribution in [0.3, 0.4) is 0 Å². The minimum atomic E-state index is -0.395. The van der Waals surface area contributed by atoms with Crippen molar-refractivity contribution in [3.8, 4) is 0 Å².